The van der Waals surface area contributed by atoms with Crippen LogP contribution >= 0.6 is 0 Å². The molecule has 1 rings (SSSR count). The lowest BCUT2D eigenvalue weighted by atomic mass is 10.4. The molecule has 0 aliphatic heterocycles. The van der Waals surface area contributed by atoms with Gasteiger partial charge in [-0.25, -0.2) is 18.7 Å². The normalized spacial score (nSPS) is 9.69. The van der Waals surface area contributed by atoms with E-state index in [2.05, 4.69) is 15.3 Å². The van der Waals surface area contributed by atoms with E-state index >= 15 is 0 Å². The van der Waals surface area contributed by atoms with E-state index in [4.69, 9.17) is 5.26 Å². The molecule has 1 aromatic heterocycles. The molecule has 68 valence electrons. The van der Waals surface area contributed by atoms with Gasteiger partial charge >= 0.3 is 0 Å². The van der Waals surface area contributed by atoms with Gasteiger partial charge in [0.25, 0.3) is 6.43 Å². The van der Waals surface area contributed by atoms with E-state index < -0.39 is 13.0 Å². The molecule has 6 heteroatoms. The minimum Gasteiger partial charge on any atom is -0.348 e. The zero-order chi connectivity index (χ0) is 9.68. The second-order valence-corrected chi connectivity index (χ2v) is 2.15. The van der Waals surface area contributed by atoms with Crippen molar-refractivity contribution >= 4 is 5.95 Å². The number of alkyl halides is 2. The fraction of sp³-hybridized carbons (Fsp3) is 0.286. The molecular formula is C7H6F2N4. The Morgan fingerprint density at radius 3 is 3.00 bits per heavy atom. The van der Waals surface area contributed by atoms with Crippen LogP contribution in [0.2, 0.25) is 0 Å². The highest BCUT2D eigenvalue weighted by Gasteiger charge is 2.03. The Morgan fingerprint density at radius 1 is 1.62 bits per heavy atom. The van der Waals surface area contributed by atoms with Gasteiger partial charge in [-0.2, -0.15) is 5.26 Å². The maximum atomic E-state index is 11.7. The molecule has 0 aliphatic carbocycles. The maximum Gasteiger partial charge on any atom is 0.255 e. The Morgan fingerprint density at radius 2 is 2.38 bits per heavy atom. The molecular weight excluding hydrogens is 178 g/mol. The zero-order valence-corrected chi connectivity index (χ0v) is 6.54. The van der Waals surface area contributed by atoms with Crippen LogP contribution < -0.4 is 5.32 Å². The molecule has 1 N–H and O–H groups in total. The lowest BCUT2D eigenvalue weighted by Crippen LogP contribution is -2.12. The van der Waals surface area contributed by atoms with Crippen LogP contribution in [0.25, 0.3) is 0 Å². The molecule has 0 spiro atoms. The van der Waals surface area contributed by atoms with Gasteiger partial charge < -0.3 is 5.32 Å². The standard InChI is InChI=1S/C7H6F2N4/c8-6(9)4-12-7-11-2-1-5(3-10)13-7/h1-2,6H,4H2,(H,11,12,13). The Bertz CT molecular complexity index is 321. The number of hydrogen-bond acceptors (Lipinski definition) is 4. The quantitative estimate of drug-likeness (QED) is 0.761. The monoisotopic (exact) mass is 184 g/mol. The van der Waals surface area contributed by atoms with Crippen molar-refractivity contribution < 1.29 is 8.78 Å². The third-order valence-electron chi connectivity index (χ3n) is 1.18. The van der Waals surface area contributed by atoms with Crippen LogP contribution in [0.3, 0.4) is 0 Å². The van der Waals surface area contributed by atoms with Crippen molar-refractivity contribution in [3.63, 3.8) is 0 Å². The van der Waals surface area contributed by atoms with Gasteiger partial charge in [0.15, 0.2) is 0 Å². The fourth-order valence-electron chi connectivity index (χ4n) is 0.675. The number of nitrogens with one attached hydrogen (secondary N) is 1. The van der Waals surface area contributed by atoms with Crippen molar-refractivity contribution in [2.75, 3.05) is 11.9 Å². The van der Waals surface area contributed by atoms with E-state index in [9.17, 15) is 8.78 Å². The number of nitrogens with zero attached hydrogens (tertiary/aromatic N) is 3. The third kappa shape index (κ3) is 2.99. The van der Waals surface area contributed by atoms with Crippen LogP contribution in [-0.2, 0) is 0 Å². The number of anilines is 1. The summed E-state index contributed by atoms with van der Waals surface area (Å²) in [5.41, 5.74) is 0.145. The molecule has 13 heavy (non-hydrogen) atoms. The van der Waals surface area contributed by atoms with Gasteiger partial charge in [-0.1, -0.05) is 0 Å². The first kappa shape index (κ1) is 9.32. The second-order valence-electron chi connectivity index (χ2n) is 2.15. The van der Waals surface area contributed by atoms with Gasteiger partial charge in [0, 0.05) is 6.20 Å². The predicted octanol–water partition coefficient (Wildman–Crippen LogP) is 1.03. The maximum absolute atomic E-state index is 11.7. The molecule has 1 aromatic rings. The highest BCUT2D eigenvalue weighted by Crippen LogP contribution is 2.00. The number of hydrogen-bond donors (Lipinski definition) is 1. The molecule has 1 heterocycles. The summed E-state index contributed by atoms with van der Waals surface area (Å²) in [6.07, 6.45) is -1.13. The topological polar surface area (TPSA) is 61.6 Å². The lowest BCUT2D eigenvalue weighted by molar-refractivity contribution is 0.163. The van der Waals surface area contributed by atoms with Crippen LogP contribution in [0.5, 0.6) is 0 Å². The Kier molecular flexibility index (Phi) is 3.09. The van der Waals surface area contributed by atoms with Gasteiger partial charge in [0.05, 0.1) is 6.54 Å². The molecule has 0 aromatic carbocycles. The summed E-state index contributed by atoms with van der Waals surface area (Å²) in [5, 5.41) is 10.7. The predicted molar refractivity (Wildman–Crippen MR) is 41.2 cm³/mol. The summed E-state index contributed by atoms with van der Waals surface area (Å²) < 4.78 is 23.4. The van der Waals surface area contributed by atoms with Crippen molar-refractivity contribution in [2.45, 2.75) is 6.43 Å². The molecule has 0 saturated carbocycles. The van der Waals surface area contributed by atoms with Crippen molar-refractivity contribution in [2.24, 2.45) is 0 Å². The SMILES string of the molecule is N#Cc1ccnc(NCC(F)F)n1. The highest BCUT2D eigenvalue weighted by molar-refractivity contribution is 5.29. The van der Waals surface area contributed by atoms with Gasteiger partial charge in [-0.3, -0.25) is 0 Å². The first-order valence-corrected chi connectivity index (χ1v) is 3.47. The smallest absolute Gasteiger partial charge is 0.255 e. The number of halogens is 2. The van der Waals surface area contributed by atoms with E-state index in [1.54, 1.807) is 6.07 Å². The minimum absolute atomic E-state index is 0.0411. The first-order valence-electron chi connectivity index (χ1n) is 3.47. The molecule has 0 aliphatic rings. The number of nitriles is 1. The number of aromatic nitrogens is 2. The lowest BCUT2D eigenvalue weighted by Gasteiger charge is -2.02. The van der Waals surface area contributed by atoms with Crippen molar-refractivity contribution in [3.8, 4) is 6.07 Å². The summed E-state index contributed by atoms with van der Waals surface area (Å²) in [7, 11) is 0. The average molecular weight is 184 g/mol. The van der Waals surface area contributed by atoms with E-state index in [-0.39, 0.29) is 11.6 Å². The van der Waals surface area contributed by atoms with Crippen LogP contribution in [-0.4, -0.2) is 22.9 Å². The first-order chi connectivity index (χ1) is 6.22. The molecule has 0 bridgehead atoms. The average Bonchev–Trinajstić information content (AvgIpc) is 2.15. The van der Waals surface area contributed by atoms with Crippen molar-refractivity contribution in [3.05, 3.63) is 18.0 Å². The summed E-state index contributed by atoms with van der Waals surface area (Å²) in [6, 6.07) is 3.17. The van der Waals surface area contributed by atoms with Crippen molar-refractivity contribution in [1.82, 2.24) is 9.97 Å². The fourth-order valence-corrected chi connectivity index (χ4v) is 0.675. The largest absolute Gasteiger partial charge is 0.348 e. The van der Waals surface area contributed by atoms with Crippen molar-refractivity contribution in [1.29, 1.82) is 5.26 Å². The summed E-state index contributed by atoms with van der Waals surface area (Å²) in [4.78, 5) is 7.30. The van der Waals surface area contributed by atoms with Gasteiger partial charge in [-0.15, -0.1) is 0 Å². The van der Waals surface area contributed by atoms with Gasteiger partial charge in [0.1, 0.15) is 11.8 Å². The number of rotatable bonds is 3. The third-order valence-corrected chi connectivity index (χ3v) is 1.18. The minimum atomic E-state index is -2.46. The zero-order valence-electron chi connectivity index (χ0n) is 6.54. The molecule has 0 unspecified atom stereocenters. The summed E-state index contributed by atoms with van der Waals surface area (Å²) in [6.45, 7) is -0.519. The molecule has 0 atom stereocenters. The van der Waals surface area contributed by atoms with Gasteiger partial charge in [-0.05, 0) is 6.07 Å². The van der Waals surface area contributed by atoms with E-state index in [1.165, 1.54) is 12.3 Å². The van der Waals surface area contributed by atoms with Crippen LogP contribution in [0.1, 0.15) is 5.69 Å². The van der Waals surface area contributed by atoms with Crippen LogP contribution in [0.15, 0.2) is 12.3 Å². The molecule has 0 radical (unpaired) electrons. The Balaban J connectivity index is 2.63. The van der Waals surface area contributed by atoms with E-state index in [1.807, 2.05) is 0 Å². The Labute approximate surface area is 73.2 Å². The van der Waals surface area contributed by atoms with Gasteiger partial charge in [0.2, 0.25) is 5.95 Å². The van der Waals surface area contributed by atoms with Crippen LogP contribution in [0.4, 0.5) is 14.7 Å². The Hall–Kier alpha value is -1.77. The summed E-state index contributed by atoms with van der Waals surface area (Å²) >= 11 is 0. The molecule has 0 saturated heterocycles. The van der Waals surface area contributed by atoms with E-state index in [0.717, 1.165) is 0 Å². The second kappa shape index (κ2) is 4.30. The van der Waals surface area contributed by atoms with Crippen LogP contribution in [0, 0.1) is 11.3 Å². The molecule has 0 amide bonds. The highest BCUT2D eigenvalue weighted by atomic mass is 19.3. The summed E-state index contributed by atoms with van der Waals surface area (Å²) in [5.74, 6) is 0.0411. The molecule has 0 fully saturated rings. The van der Waals surface area contributed by atoms with E-state index in [0.29, 0.717) is 0 Å². The molecule has 4 nitrogen and oxygen atoms in total.